The van der Waals surface area contributed by atoms with Gasteiger partial charge in [-0.1, -0.05) is 79.2 Å². The van der Waals surface area contributed by atoms with Crippen molar-refractivity contribution in [2.75, 3.05) is 0 Å². The fourth-order valence-corrected chi connectivity index (χ4v) is 3.97. The molecule has 3 atom stereocenters. The molecular formula is C30H48. The Morgan fingerprint density at radius 3 is 1.93 bits per heavy atom. The molecule has 0 nitrogen and oxygen atoms in total. The zero-order chi connectivity index (χ0) is 22.5. The van der Waals surface area contributed by atoms with Crippen molar-refractivity contribution in [2.24, 2.45) is 17.8 Å². The first kappa shape index (κ1) is 26.5. The lowest BCUT2D eigenvalue weighted by Crippen LogP contribution is -2.08. The summed E-state index contributed by atoms with van der Waals surface area (Å²) in [5, 5.41) is 0. The molecule has 0 saturated heterocycles. The number of hydrogen-bond donors (Lipinski definition) is 0. The van der Waals surface area contributed by atoms with Gasteiger partial charge in [-0.2, -0.15) is 0 Å². The molecular weight excluding hydrogens is 360 g/mol. The van der Waals surface area contributed by atoms with Crippen LogP contribution in [-0.4, -0.2) is 0 Å². The Balaban J connectivity index is 0.000000300. The zero-order valence-electron chi connectivity index (χ0n) is 21.1. The quantitative estimate of drug-likeness (QED) is 0.367. The maximum Gasteiger partial charge on any atom is -0.00256 e. The van der Waals surface area contributed by atoms with Crippen LogP contribution in [0.3, 0.4) is 0 Å². The predicted octanol–water partition coefficient (Wildman–Crippen LogP) is 9.93. The Morgan fingerprint density at radius 2 is 1.43 bits per heavy atom. The minimum atomic E-state index is 0.645. The van der Waals surface area contributed by atoms with Gasteiger partial charge in [0.25, 0.3) is 0 Å². The second kappa shape index (κ2) is 14.4. The zero-order valence-corrected chi connectivity index (χ0v) is 21.1. The number of allylic oxidation sites excluding steroid dienone is 11. The molecule has 0 aromatic rings. The standard InChI is InChI=1S/2C15H24/c2*1-12(2)6-5-7-14(4)15-10-8-13(3)9-11-15/h6,8,10,13H,5,7,9,11H2,1-4H3;6,8,10,13,15H,4-5,7,9,11H2,1-3H3/b15-14+;. The highest BCUT2D eigenvalue weighted by atomic mass is 14.2. The summed E-state index contributed by atoms with van der Waals surface area (Å²) in [7, 11) is 0. The van der Waals surface area contributed by atoms with Gasteiger partial charge in [-0.15, -0.1) is 0 Å². The van der Waals surface area contributed by atoms with Crippen LogP contribution in [0, 0.1) is 17.8 Å². The second-order valence-electron chi connectivity index (χ2n) is 10.0. The van der Waals surface area contributed by atoms with Crippen LogP contribution in [0.4, 0.5) is 0 Å². The molecule has 0 N–H and O–H groups in total. The molecule has 168 valence electrons. The van der Waals surface area contributed by atoms with Crippen molar-refractivity contribution in [1.29, 1.82) is 0 Å². The molecule has 0 aliphatic heterocycles. The summed E-state index contributed by atoms with van der Waals surface area (Å²) >= 11 is 0. The summed E-state index contributed by atoms with van der Waals surface area (Å²) in [5.74, 6) is 2.19. The first-order chi connectivity index (χ1) is 14.2. The van der Waals surface area contributed by atoms with Gasteiger partial charge >= 0.3 is 0 Å². The van der Waals surface area contributed by atoms with Crippen molar-refractivity contribution < 1.29 is 0 Å². The highest BCUT2D eigenvalue weighted by Gasteiger charge is 2.14. The van der Waals surface area contributed by atoms with Crippen LogP contribution in [-0.2, 0) is 0 Å². The maximum absolute atomic E-state index is 4.22. The Hall–Kier alpha value is -1.56. The van der Waals surface area contributed by atoms with Crippen molar-refractivity contribution in [1.82, 2.24) is 0 Å². The lowest BCUT2D eigenvalue weighted by Gasteiger charge is -2.22. The molecule has 0 heteroatoms. The van der Waals surface area contributed by atoms with Gasteiger partial charge in [0.05, 0.1) is 0 Å². The Bertz CT molecular complexity index is 669. The maximum atomic E-state index is 4.22. The van der Waals surface area contributed by atoms with E-state index in [4.69, 9.17) is 0 Å². The Kier molecular flexibility index (Phi) is 12.7. The molecule has 30 heavy (non-hydrogen) atoms. The van der Waals surface area contributed by atoms with Crippen molar-refractivity contribution in [3.63, 3.8) is 0 Å². The molecule has 0 fully saturated rings. The van der Waals surface area contributed by atoms with Gasteiger partial charge in [0, 0.05) is 0 Å². The minimum absolute atomic E-state index is 0.645. The van der Waals surface area contributed by atoms with Gasteiger partial charge in [-0.25, -0.2) is 0 Å². The summed E-state index contributed by atoms with van der Waals surface area (Å²) in [6, 6.07) is 0. The lowest BCUT2D eigenvalue weighted by molar-refractivity contribution is 0.508. The third-order valence-electron chi connectivity index (χ3n) is 6.26. The van der Waals surface area contributed by atoms with E-state index in [1.165, 1.54) is 55.2 Å². The van der Waals surface area contributed by atoms with E-state index in [0.717, 1.165) is 24.7 Å². The first-order valence-electron chi connectivity index (χ1n) is 12.2. The van der Waals surface area contributed by atoms with Crippen LogP contribution in [0.2, 0.25) is 0 Å². The molecule has 2 aliphatic carbocycles. The van der Waals surface area contributed by atoms with Gasteiger partial charge in [0.1, 0.15) is 0 Å². The van der Waals surface area contributed by atoms with Gasteiger partial charge in [0.2, 0.25) is 0 Å². The molecule has 0 bridgehead atoms. The fourth-order valence-electron chi connectivity index (χ4n) is 3.97. The Labute approximate surface area is 188 Å². The van der Waals surface area contributed by atoms with E-state index >= 15 is 0 Å². The van der Waals surface area contributed by atoms with Crippen LogP contribution in [0.1, 0.15) is 99.8 Å². The molecule has 0 amide bonds. The molecule has 0 saturated carbocycles. The largest absolute Gasteiger partial charge is 0.0993 e. The highest BCUT2D eigenvalue weighted by Crippen LogP contribution is 2.29. The molecule has 0 radical (unpaired) electrons. The van der Waals surface area contributed by atoms with Crippen LogP contribution >= 0.6 is 0 Å². The van der Waals surface area contributed by atoms with E-state index in [2.05, 4.69) is 91.5 Å². The first-order valence-corrected chi connectivity index (χ1v) is 12.2. The van der Waals surface area contributed by atoms with E-state index in [1.807, 2.05) is 0 Å². The van der Waals surface area contributed by atoms with E-state index in [-0.39, 0.29) is 0 Å². The molecule has 0 aromatic carbocycles. The van der Waals surface area contributed by atoms with Gasteiger partial charge in [-0.3, -0.25) is 0 Å². The molecule has 2 aliphatic rings. The minimum Gasteiger partial charge on any atom is -0.0993 e. The second-order valence-corrected chi connectivity index (χ2v) is 10.0. The fraction of sp³-hybridized carbons (Fsp3) is 0.600. The normalized spacial score (nSPS) is 24.4. The van der Waals surface area contributed by atoms with Crippen molar-refractivity contribution >= 4 is 0 Å². The topological polar surface area (TPSA) is 0 Å². The van der Waals surface area contributed by atoms with Crippen molar-refractivity contribution in [3.05, 3.63) is 70.9 Å². The van der Waals surface area contributed by atoms with E-state index in [0.29, 0.717) is 5.92 Å². The number of hydrogen-bond acceptors (Lipinski definition) is 0. The third kappa shape index (κ3) is 11.6. The Morgan fingerprint density at radius 1 is 0.833 bits per heavy atom. The molecule has 0 spiro atoms. The monoisotopic (exact) mass is 408 g/mol. The van der Waals surface area contributed by atoms with E-state index in [9.17, 15) is 0 Å². The van der Waals surface area contributed by atoms with Gasteiger partial charge < -0.3 is 0 Å². The average Bonchev–Trinajstić information content (AvgIpc) is 2.69. The molecule has 3 unspecified atom stereocenters. The van der Waals surface area contributed by atoms with Crippen LogP contribution in [0.5, 0.6) is 0 Å². The molecule has 0 aromatic heterocycles. The van der Waals surface area contributed by atoms with E-state index in [1.54, 1.807) is 11.1 Å². The average molecular weight is 409 g/mol. The van der Waals surface area contributed by atoms with Crippen LogP contribution in [0.15, 0.2) is 70.9 Å². The van der Waals surface area contributed by atoms with Crippen LogP contribution < -0.4 is 0 Å². The van der Waals surface area contributed by atoms with Crippen molar-refractivity contribution in [3.8, 4) is 0 Å². The highest BCUT2D eigenvalue weighted by molar-refractivity contribution is 5.27. The van der Waals surface area contributed by atoms with Crippen molar-refractivity contribution in [2.45, 2.75) is 99.8 Å². The van der Waals surface area contributed by atoms with Crippen LogP contribution in [0.25, 0.3) is 0 Å². The molecule has 0 heterocycles. The molecule has 2 rings (SSSR count). The van der Waals surface area contributed by atoms with Gasteiger partial charge in [-0.05, 0) is 109 Å². The summed E-state index contributed by atoms with van der Waals surface area (Å²) in [6.45, 7) is 19.8. The van der Waals surface area contributed by atoms with E-state index < -0.39 is 0 Å². The summed E-state index contributed by atoms with van der Waals surface area (Å²) < 4.78 is 0. The SMILES string of the molecule is C=C(CCC=C(C)C)C1C=CC(C)CC1.CC(C)=CCC/C(C)=C1\C=CC(C)CC1. The number of rotatable bonds is 7. The summed E-state index contributed by atoms with van der Waals surface area (Å²) in [6.07, 6.45) is 24.0. The third-order valence-corrected chi connectivity index (χ3v) is 6.26. The lowest BCUT2D eigenvalue weighted by atomic mass is 9.84. The smallest absolute Gasteiger partial charge is 0.00256 e. The summed E-state index contributed by atoms with van der Waals surface area (Å²) in [5.41, 5.74) is 7.41. The van der Waals surface area contributed by atoms with Gasteiger partial charge in [0.15, 0.2) is 0 Å². The predicted molar refractivity (Wildman–Crippen MR) is 138 cm³/mol. The summed E-state index contributed by atoms with van der Waals surface area (Å²) in [4.78, 5) is 0.